The van der Waals surface area contributed by atoms with Gasteiger partial charge in [-0.2, -0.15) is 0 Å². The molecule has 1 saturated carbocycles. The molecule has 2 rings (SSSR count). The lowest BCUT2D eigenvalue weighted by Crippen LogP contribution is -2.52. The molecule has 0 saturated heterocycles. The SMILES string of the molecule is CCCOC1C(Cl)CC1Oc1ccc(Br)cc1[N+](=O)[O-]. The van der Waals surface area contributed by atoms with Crippen molar-refractivity contribution in [3.05, 3.63) is 32.8 Å². The van der Waals surface area contributed by atoms with Crippen LogP contribution in [0.15, 0.2) is 22.7 Å². The predicted molar refractivity (Wildman–Crippen MR) is 79.5 cm³/mol. The van der Waals surface area contributed by atoms with Crippen molar-refractivity contribution >= 4 is 33.2 Å². The summed E-state index contributed by atoms with van der Waals surface area (Å²) in [7, 11) is 0. The van der Waals surface area contributed by atoms with Gasteiger partial charge in [0.1, 0.15) is 12.2 Å². The van der Waals surface area contributed by atoms with Gasteiger partial charge in [0, 0.05) is 23.6 Å². The molecule has 7 heteroatoms. The number of benzene rings is 1. The minimum atomic E-state index is -0.459. The highest BCUT2D eigenvalue weighted by atomic mass is 79.9. The Morgan fingerprint density at radius 1 is 1.55 bits per heavy atom. The van der Waals surface area contributed by atoms with Crippen LogP contribution in [0.4, 0.5) is 5.69 Å². The van der Waals surface area contributed by atoms with Gasteiger partial charge in [-0.1, -0.05) is 22.9 Å². The first-order valence-corrected chi connectivity index (χ1v) is 7.62. The van der Waals surface area contributed by atoms with E-state index in [9.17, 15) is 10.1 Å². The summed E-state index contributed by atoms with van der Waals surface area (Å²) in [6.45, 7) is 2.62. The fraction of sp³-hybridized carbons (Fsp3) is 0.538. The van der Waals surface area contributed by atoms with Gasteiger partial charge in [-0.25, -0.2) is 0 Å². The Morgan fingerprint density at radius 2 is 2.30 bits per heavy atom. The second-order valence-corrected chi connectivity index (χ2v) is 6.09. The Morgan fingerprint density at radius 3 is 2.90 bits per heavy atom. The van der Waals surface area contributed by atoms with E-state index in [0.29, 0.717) is 17.5 Å². The second kappa shape index (κ2) is 6.74. The highest BCUT2D eigenvalue weighted by Crippen LogP contribution is 2.37. The summed E-state index contributed by atoms with van der Waals surface area (Å²) in [6.07, 6.45) is 1.08. The molecule has 5 nitrogen and oxygen atoms in total. The predicted octanol–water partition coefficient (Wildman–Crippen LogP) is 3.91. The van der Waals surface area contributed by atoms with Crippen molar-refractivity contribution in [3.8, 4) is 5.75 Å². The van der Waals surface area contributed by atoms with Crippen molar-refractivity contribution in [2.45, 2.75) is 37.4 Å². The smallest absolute Gasteiger partial charge is 0.312 e. The largest absolute Gasteiger partial charge is 0.481 e. The van der Waals surface area contributed by atoms with Crippen molar-refractivity contribution in [1.82, 2.24) is 0 Å². The number of nitrogens with zero attached hydrogens (tertiary/aromatic N) is 1. The third kappa shape index (κ3) is 3.42. The van der Waals surface area contributed by atoms with E-state index in [1.807, 2.05) is 6.92 Å². The summed E-state index contributed by atoms with van der Waals surface area (Å²) in [5, 5.41) is 10.9. The van der Waals surface area contributed by atoms with Crippen LogP contribution in [0.25, 0.3) is 0 Å². The van der Waals surface area contributed by atoms with Gasteiger partial charge in [0.05, 0.1) is 10.3 Å². The normalized spacial score (nSPS) is 25.1. The van der Waals surface area contributed by atoms with Crippen molar-refractivity contribution in [2.24, 2.45) is 0 Å². The van der Waals surface area contributed by atoms with Crippen LogP contribution in [0.1, 0.15) is 19.8 Å². The monoisotopic (exact) mass is 363 g/mol. The van der Waals surface area contributed by atoms with E-state index in [2.05, 4.69) is 15.9 Å². The maximum Gasteiger partial charge on any atom is 0.312 e. The molecule has 0 spiro atoms. The van der Waals surface area contributed by atoms with Crippen LogP contribution in [0.2, 0.25) is 0 Å². The maximum absolute atomic E-state index is 11.0. The fourth-order valence-electron chi connectivity index (χ4n) is 2.00. The van der Waals surface area contributed by atoms with Crippen molar-refractivity contribution in [2.75, 3.05) is 6.61 Å². The molecule has 0 amide bonds. The quantitative estimate of drug-likeness (QED) is 0.436. The van der Waals surface area contributed by atoms with Gasteiger partial charge in [0.25, 0.3) is 0 Å². The average Bonchev–Trinajstić information content (AvgIpc) is 2.40. The van der Waals surface area contributed by atoms with Crippen LogP contribution < -0.4 is 4.74 Å². The van der Waals surface area contributed by atoms with Crippen LogP contribution in [0.3, 0.4) is 0 Å². The molecule has 3 unspecified atom stereocenters. The van der Waals surface area contributed by atoms with E-state index in [-0.39, 0.29) is 29.0 Å². The molecule has 1 aromatic rings. The first kappa shape index (κ1) is 15.5. The number of hydrogen-bond donors (Lipinski definition) is 0. The Bertz CT molecular complexity index is 499. The summed E-state index contributed by atoms with van der Waals surface area (Å²) >= 11 is 9.30. The lowest BCUT2D eigenvalue weighted by atomic mass is 9.91. The van der Waals surface area contributed by atoms with E-state index < -0.39 is 4.92 Å². The maximum atomic E-state index is 11.0. The van der Waals surface area contributed by atoms with Crippen molar-refractivity contribution < 1.29 is 14.4 Å². The topological polar surface area (TPSA) is 61.6 Å². The second-order valence-electron chi connectivity index (χ2n) is 4.61. The molecule has 0 radical (unpaired) electrons. The Kier molecular flexibility index (Phi) is 5.23. The molecule has 0 bridgehead atoms. The zero-order valence-electron chi connectivity index (χ0n) is 10.9. The molecule has 0 aliphatic heterocycles. The van der Waals surface area contributed by atoms with Gasteiger partial charge in [-0.3, -0.25) is 10.1 Å². The minimum Gasteiger partial charge on any atom is -0.481 e. The van der Waals surface area contributed by atoms with Gasteiger partial charge in [-0.15, -0.1) is 11.6 Å². The van der Waals surface area contributed by atoms with Crippen LogP contribution in [0.5, 0.6) is 5.75 Å². The van der Waals surface area contributed by atoms with E-state index in [4.69, 9.17) is 21.1 Å². The number of ether oxygens (including phenoxy) is 2. The molecule has 1 aromatic carbocycles. The molecule has 1 fully saturated rings. The molecular formula is C13H15BrClNO4. The molecule has 0 heterocycles. The lowest BCUT2D eigenvalue weighted by Gasteiger charge is -2.40. The van der Waals surface area contributed by atoms with Crippen LogP contribution >= 0.6 is 27.5 Å². The van der Waals surface area contributed by atoms with Crippen LogP contribution in [-0.4, -0.2) is 29.1 Å². The standard InChI is InChI=1S/C13H15BrClNO4/c1-2-5-19-13-9(15)7-12(13)20-11-4-3-8(14)6-10(11)16(17)18/h3-4,6,9,12-13H,2,5,7H2,1H3. The van der Waals surface area contributed by atoms with Gasteiger partial charge in [0.2, 0.25) is 0 Å². The summed E-state index contributed by atoms with van der Waals surface area (Å²) in [5.74, 6) is 0.247. The van der Waals surface area contributed by atoms with Crippen LogP contribution in [0, 0.1) is 10.1 Å². The zero-order valence-corrected chi connectivity index (χ0v) is 13.3. The number of alkyl halides is 1. The molecule has 0 N–H and O–H groups in total. The van der Waals surface area contributed by atoms with E-state index in [1.54, 1.807) is 12.1 Å². The molecule has 20 heavy (non-hydrogen) atoms. The highest BCUT2D eigenvalue weighted by molar-refractivity contribution is 9.10. The van der Waals surface area contributed by atoms with Crippen molar-refractivity contribution in [1.29, 1.82) is 0 Å². The summed E-state index contributed by atoms with van der Waals surface area (Å²) in [5.41, 5.74) is -0.0633. The highest BCUT2D eigenvalue weighted by Gasteiger charge is 2.43. The van der Waals surface area contributed by atoms with Gasteiger partial charge >= 0.3 is 5.69 Å². The number of halogens is 2. The third-order valence-corrected chi connectivity index (χ3v) is 4.01. The minimum absolute atomic E-state index is 0.0633. The number of rotatable bonds is 6. The summed E-state index contributed by atoms with van der Waals surface area (Å²) in [4.78, 5) is 10.6. The Balaban J connectivity index is 2.08. The third-order valence-electron chi connectivity index (χ3n) is 3.09. The molecule has 1 aliphatic rings. The average molecular weight is 365 g/mol. The summed E-state index contributed by atoms with van der Waals surface area (Å²) < 4.78 is 12.0. The molecular weight excluding hydrogens is 350 g/mol. The van der Waals surface area contributed by atoms with E-state index in [1.165, 1.54) is 6.07 Å². The zero-order chi connectivity index (χ0) is 14.7. The van der Waals surface area contributed by atoms with Crippen molar-refractivity contribution in [3.63, 3.8) is 0 Å². The van der Waals surface area contributed by atoms with Gasteiger partial charge < -0.3 is 9.47 Å². The number of nitro benzene ring substituents is 1. The first-order valence-electron chi connectivity index (χ1n) is 6.39. The van der Waals surface area contributed by atoms with E-state index >= 15 is 0 Å². The lowest BCUT2D eigenvalue weighted by molar-refractivity contribution is -0.386. The Hall–Kier alpha value is -0.850. The molecule has 110 valence electrons. The molecule has 0 aromatic heterocycles. The van der Waals surface area contributed by atoms with Gasteiger partial charge in [-0.05, 0) is 18.6 Å². The molecule has 3 atom stereocenters. The van der Waals surface area contributed by atoms with E-state index in [0.717, 1.165) is 6.42 Å². The van der Waals surface area contributed by atoms with Gasteiger partial charge in [0.15, 0.2) is 5.75 Å². The number of nitro groups is 1. The molecule has 1 aliphatic carbocycles. The van der Waals surface area contributed by atoms with Crippen LogP contribution in [-0.2, 0) is 4.74 Å². The Labute approximate surface area is 130 Å². The number of hydrogen-bond acceptors (Lipinski definition) is 4. The first-order chi connectivity index (χ1) is 9.52. The summed E-state index contributed by atoms with van der Waals surface area (Å²) in [6, 6.07) is 4.72. The fourth-order valence-corrected chi connectivity index (χ4v) is 2.76.